The number of nitrogens with two attached hydrogens (primary N) is 2. The molecule has 13 heteroatoms. The van der Waals surface area contributed by atoms with Gasteiger partial charge < -0.3 is 46.7 Å². The van der Waals surface area contributed by atoms with Crippen LogP contribution in [0.15, 0.2) is 97.2 Å². The number of fused-ring (bicyclic) bond motifs is 10. The van der Waals surface area contributed by atoms with Gasteiger partial charge in [0.2, 0.25) is 0 Å². The number of hydrogen-bond acceptors (Lipinski definition) is 12. The fourth-order valence-corrected chi connectivity index (χ4v) is 14.8. The number of nitrogens with one attached hydrogen (secondary N) is 1. The highest BCUT2D eigenvalue weighted by Crippen LogP contribution is 2.51. The van der Waals surface area contributed by atoms with Crippen LogP contribution in [-0.4, -0.2) is 73.3 Å². The van der Waals surface area contributed by atoms with E-state index < -0.39 is 29.7 Å². The third-order valence-corrected chi connectivity index (χ3v) is 18.7. The molecule has 74 heavy (non-hydrogen) atoms. The van der Waals surface area contributed by atoms with Gasteiger partial charge in [-0.25, -0.2) is 0 Å². The summed E-state index contributed by atoms with van der Waals surface area (Å²) < 4.78 is 6.19. The van der Waals surface area contributed by atoms with Crippen molar-refractivity contribution in [2.24, 2.45) is 34.6 Å². The van der Waals surface area contributed by atoms with Gasteiger partial charge in [-0.1, -0.05) is 88.0 Å². The molecule has 9 rings (SSSR count). The van der Waals surface area contributed by atoms with Crippen molar-refractivity contribution >= 4 is 33.2 Å². The minimum Gasteiger partial charge on any atom is -0.508 e. The zero-order chi connectivity index (χ0) is 51.9. The second-order valence-corrected chi connectivity index (χ2v) is 23.9. The normalized spacial score (nSPS) is 24.4. The molecule has 1 aromatic heterocycles. The Bertz CT molecular complexity index is 2900. The summed E-state index contributed by atoms with van der Waals surface area (Å²) in [6, 6.07) is 24.8. The Hall–Kier alpha value is -5.30. The first-order valence-corrected chi connectivity index (χ1v) is 28.9. The first-order valence-electron chi connectivity index (χ1n) is 26.4. The van der Waals surface area contributed by atoms with E-state index >= 15 is 0 Å². The number of H-pyrrole nitrogens is 1. The second-order valence-electron chi connectivity index (χ2n) is 21.4. The number of ether oxygens (including phenoxy) is 1. The Balaban J connectivity index is 1.04. The van der Waals surface area contributed by atoms with Crippen molar-refractivity contribution in [1.29, 1.82) is 0 Å². The molecule has 390 valence electrons. The molecule has 2 heterocycles. The van der Waals surface area contributed by atoms with Crippen LogP contribution >= 0.6 is 21.6 Å². The van der Waals surface area contributed by atoms with E-state index in [-0.39, 0.29) is 66.9 Å². The van der Waals surface area contributed by atoms with Gasteiger partial charge in [-0.3, -0.25) is 9.59 Å². The smallest absolute Gasteiger partial charge is 0.165 e. The van der Waals surface area contributed by atoms with Gasteiger partial charge in [-0.05, 0) is 163 Å². The van der Waals surface area contributed by atoms with Crippen LogP contribution in [0.5, 0.6) is 17.2 Å². The van der Waals surface area contributed by atoms with Crippen molar-refractivity contribution in [2.45, 2.75) is 126 Å². The second kappa shape index (κ2) is 24.1. The summed E-state index contributed by atoms with van der Waals surface area (Å²) in [5.74, 6) is 8.05. The summed E-state index contributed by atoms with van der Waals surface area (Å²) in [6.45, 7) is 2.18. The standard InChI is InChI=1S/C61H71N3O8S2/c1-37(66)25-41(40-12-13-44(34-65)48-7-3-2-5-42(48)28-40)17-21-61-22-18-47(67)14-9-38-11-16-56(69)59(27-38)72-24-20-39-10-15-55(68)53(26-39)52-31-57(70)49-19-23-64-54(49)8-4-6-43-29-51(60(62)63)45(30-50(43)52)35-73-74-36-46(32-61)58(71)33-61/h2-3,5,7,10-11,15-16,18-19,22-23,26-27,29-30,37,40-41,44,46,52,58,60,64-66,68-69,71H,8-9,12-14,17,20-21,24-25,28,31-36,62-63H2,1H3. The summed E-state index contributed by atoms with van der Waals surface area (Å²) >= 11 is 0. The molecule has 8 bridgehead atoms. The van der Waals surface area contributed by atoms with E-state index in [9.17, 15) is 35.1 Å². The van der Waals surface area contributed by atoms with Crippen molar-refractivity contribution in [3.8, 4) is 29.1 Å². The molecule has 8 atom stereocenters. The number of hydrogen-bond donors (Lipinski definition) is 8. The quantitative estimate of drug-likeness (QED) is 0.0316. The molecular formula is C61H71N3O8S2. The van der Waals surface area contributed by atoms with Crippen LogP contribution in [0, 0.1) is 35.0 Å². The number of aromatic hydroxyl groups is 2. The lowest BCUT2D eigenvalue weighted by Gasteiger charge is -2.32. The average Bonchev–Trinajstić information content (AvgIpc) is 3.93. The molecule has 8 unspecified atom stereocenters. The number of allylic oxidation sites excluding steroid dienone is 2. The van der Waals surface area contributed by atoms with E-state index in [2.05, 4.69) is 47.2 Å². The van der Waals surface area contributed by atoms with E-state index in [1.165, 1.54) is 11.1 Å². The summed E-state index contributed by atoms with van der Waals surface area (Å²) in [5.41, 5.74) is 21.8. The molecule has 1 aliphatic heterocycles. The van der Waals surface area contributed by atoms with Gasteiger partial charge in [0.1, 0.15) is 5.75 Å². The fraction of sp³-hybridized carbons (Fsp3) is 0.443. The van der Waals surface area contributed by atoms with Gasteiger partial charge in [-0.2, -0.15) is 0 Å². The molecule has 11 nitrogen and oxygen atoms in total. The molecule has 0 spiro atoms. The first kappa shape index (κ1) is 53.5. The summed E-state index contributed by atoms with van der Waals surface area (Å²) in [6.07, 6.45) is 11.3. The molecule has 0 saturated heterocycles. The third-order valence-electron chi connectivity index (χ3n) is 16.3. The lowest BCUT2D eigenvalue weighted by molar-refractivity contribution is -0.114. The van der Waals surface area contributed by atoms with Crippen LogP contribution in [0.3, 0.4) is 0 Å². The minimum atomic E-state index is -0.811. The molecule has 5 aromatic rings. The number of benzene rings is 4. The first-order chi connectivity index (χ1) is 35.8. The molecule has 0 amide bonds. The molecule has 3 aliphatic carbocycles. The lowest BCUT2D eigenvalue weighted by Crippen LogP contribution is -2.25. The Labute approximate surface area is 443 Å². The number of aromatic amines is 1. The highest BCUT2D eigenvalue weighted by Gasteiger charge is 2.44. The van der Waals surface area contributed by atoms with Crippen LogP contribution < -0.4 is 16.2 Å². The zero-order valence-electron chi connectivity index (χ0n) is 42.3. The Morgan fingerprint density at radius 2 is 1.69 bits per heavy atom. The summed E-state index contributed by atoms with van der Waals surface area (Å²) in [5, 5.41) is 55.8. The number of aliphatic hydroxyl groups excluding tert-OH is 3. The number of rotatable bonds is 8. The van der Waals surface area contributed by atoms with Gasteiger partial charge in [0.05, 0.1) is 31.4 Å². The van der Waals surface area contributed by atoms with Crippen LogP contribution in [0.2, 0.25) is 0 Å². The van der Waals surface area contributed by atoms with Crippen LogP contribution in [-0.2, 0) is 36.2 Å². The number of carbonyl (C=O) groups excluding carboxylic acids is 2. The molecule has 4 aliphatic rings. The van der Waals surface area contributed by atoms with Crippen molar-refractivity contribution in [3.05, 3.63) is 159 Å². The maximum Gasteiger partial charge on any atom is 0.165 e. The van der Waals surface area contributed by atoms with E-state index in [0.717, 1.165) is 65.6 Å². The molecule has 1 fully saturated rings. The Morgan fingerprint density at radius 3 is 2.50 bits per heavy atom. The van der Waals surface area contributed by atoms with E-state index in [4.69, 9.17) is 16.2 Å². The van der Waals surface area contributed by atoms with Gasteiger partial charge in [0.25, 0.3) is 0 Å². The van der Waals surface area contributed by atoms with Crippen molar-refractivity contribution in [1.82, 2.24) is 4.98 Å². The van der Waals surface area contributed by atoms with Gasteiger partial charge >= 0.3 is 0 Å². The van der Waals surface area contributed by atoms with Gasteiger partial charge in [-0.15, -0.1) is 0 Å². The van der Waals surface area contributed by atoms with Crippen LogP contribution in [0.4, 0.5) is 0 Å². The fourth-order valence-electron chi connectivity index (χ4n) is 12.3. The zero-order valence-corrected chi connectivity index (χ0v) is 43.9. The van der Waals surface area contributed by atoms with Crippen molar-refractivity contribution in [3.63, 3.8) is 0 Å². The molecule has 4 aromatic carbocycles. The van der Waals surface area contributed by atoms with Gasteiger partial charge in [0.15, 0.2) is 23.1 Å². The summed E-state index contributed by atoms with van der Waals surface area (Å²) in [7, 11) is 3.34. The number of ketones is 2. The predicted octanol–water partition coefficient (Wildman–Crippen LogP) is 9.88. The molecule has 0 radical (unpaired) electrons. The maximum absolute atomic E-state index is 14.3. The van der Waals surface area contributed by atoms with Crippen molar-refractivity contribution in [2.75, 3.05) is 19.0 Å². The Kier molecular flexibility index (Phi) is 17.5. The maximum atomic E-state index is 14.3. The van der Waals surface area contributed by atoms with Crippen LogP contribution in [0.1, 0.15) is 149 Å². The monoisotopic (exact) mass is 1040 g/mol. The molecular weight excluding hydrogens is 967 g/mol. The number of phenolic OH excluding ortho intramolecular Hbond substituents is 2. The number of Topliss-reactive ketones (excluding diaryl/α,β-unsaturated/α-hetero) is 1. The molecule has 1 saturated carbocycles. The number of aliphatic hydroxyl groups is 3. The lowest BCUT2D eigenvalue weighted by atomic mass is 9.73. The highest BCUT2D eigenvalue weighted by atomic mass is 33.1. The SMILES string of the molecule is CC(O)CC(CCC12C=CC(=O)CCc3ccc(O)c(c3)OCCc3ccc(O)c(c3)C3CC(=O)c4cc[nH]c4CC#Cc4cc(C(N)N)c(cc43)CSSCC(C1)C(O)C2)C1CCC(CO)c2ccccc2C1. The largest absolute Gasteiger partial charge is 0.508 e. The number of carbonyl (C=O) groups is 2. The van der Waals surface area contributed by atoms with Crippen LogP contribution in [0.25, 0.3) is 0 Å². The summed E-state index contributed by atoms with van der Waals surface area (Å²) in [4.78, 5) is 31.3. The topological polar surface area (TPSA) is 212 Å². The average molecular weight is 1040 g/mol. The number of aryl methyl sites for hydroxylation is 1. The highest BCUT2D eigenvalue weighted by molar-refractivity contribution is 8.76. The van der Waals surface area contributed by atoms with E-state index in [1.807, 2.05) is 31.2 Å². The number of phenols is 2. The van der Waals surface area contributed by atoms with Crippen molar-refractivity contribution < 1.29 is 39.9 Å². The van der Waals surface area contributed by atoms with E-state index in [1.54, 1.807) is 64.2 Å². The minimum absolute atomic E-state index is 0.0132. The number of aromatic nitrogens is 1. The Morgan fingerprint density at radius 1 is 0.878 bits per heavy atom. The predicted molar refractivity (Wildman–Crippen MR) is 294 cm³/mol. The molecule has 10 N–H and O–H groups in total. The third kappa shape index (κ3) is 12.7. The van der Waals surface area contributed by atoms with E-state index in [0.29, 0.717) is 78.4 Å². The van der Waals surface area contributed by atoms with Gasteiger partial charge in [0, 0.05) is 77.8 Å².